The van der Waals surface area contributed by atoms with Gasteiger partial charge in [0, 0.05) is 17.5 Å². The third kappa shape index (κ3) is 4.15. The summed E-state index contributed by atoms with van der Waals surface area (Å²) in [6, 6.07) is 9.96. The summed E-state index contributed by atoms with van der Waals surface area (Å²) < 4.78 is 20.9. The van der Waals surface area contributed by atoms with Gasteiger partial charge in [-0.25, -0.2) is 9.79 Å². The summed E-state index contributed by atoms with van der Waals surface area (Å²) in [5.41, 5.74) is 1.29. The third-order valence-electron chi connectivity index (χ3n) is 3.74. The standard InChI is InChI=1S/C20H16ClNO6/c1-11(23)27-18-16(25-2)9-12(10-17(18)26-3)8-15-20(24)28-19(22-15)13-4-6-14(21)7-5-13/h4-10H,1-3H3. The Morgan fingerprint density at radius 1 is 1.11 bits per heavy atom. The Morgan fingerprint density at radius 2 is 1.71 bits per heavy atom. The molecule has 144 valence electrons. The Labute approximate surface area is 166 Å². The molecule has 0 fully saturated rings. The van der Waals surface area contributed by atoms with Crippen molar-refractivity contribution >= 4 is 35.5 Å². The molecule has 28 heavy (non-hydrogen) atoms. The summed E-state index contributed by atoms with van der Waals surface area (Å²) in [5, 5.41) is 0.566. The highest BCUT2D eigenvalue weighted by Crippen LogP contribution is 2.39. The van der Waals surface area contributed by atoms with Crippen molar-refractivity contribution in [2.75, 3.05) is 14.2 Å². The van der Waals surface area contributed by atoms with Gasteiger partial charge in [0.05, 0.1) is 14.2 Å². The molecule has 0 unspecified atom stereocenters. The number of ether oxygens (including phenoxy) is 4. The van der Waals surface area contributed by atoms with Crippen molar-refractivity contribution in [2.24, 2.45) is 4.99 Å². The van der Waals surface area contributed by atoms with Crippen LogP contribution >= 0.6 is 11.6 Å². The van der Waals surface area contributed by atoms with Gasteiger partial charge in [-0.2, -0.15) is 0 Å². The van der Waals surface area contributed by atoms with Crippen LogP contribution in [0, 0.1) is 0 Å². The van der Waals surface area contributed by atoms with Crippen molar-refractivity contribution in [1.82, 2.24) is 0 Å². The lowest BCUT2D eigenvalue weighted by molar-refractivity contribution is -0.132. The summed E-state index contributed by atoms with van der Waals surface area (Å²) in [4.78, 5) is 27.7. The van der Waals surface area contributed by atoms with Crippen LogP contribution in [-0.2, 0) is 14.3 Å². The largest absolute Gasteiger partial charge is 0.493 e. The molecule has 0 amide bonds. The molecule has 1 aliphatic rings. The quantitative estimate of drug-likeness (QED) is 0.432. The molecular weight excluding hydrogens is 386 g/mol. The minimum atomic E-state index is -0.591. The number of methoxy groups -OCH3 is 2. The van der Waals surface area contributed by atoms with Crippen molar-refractivity contribution in [3.05, 3.63) is 58.2 Å². The molecule has 0 radical (unpaired) electrons. The average molecular weight is 402 g/mol. The monoisotopic (exact) mass is 401 g/mol. The van der Waals surface area contributed by atoms with Gasteiger partial charge >= 0.3 is 11.9 Å². The second-order valence-corrected chi connectivity index (χ2v) is 6.13. The van der Waals surface area contributed by atoms with Gasteiger partial charge in [-0.3, -0.25) is 4.79 Å². The number of rotatable bonds is 5. The fourth-order valence-corrected chi connectivity index (χ4v) is 2.64. The molecule has 8 heteroatoms. The van der Waals surface area contributed by atoms with Crippen LogP contribution in [-0.4, -0.2) is 32.1 Å². The predicted molar refractivity (Wildman–Crippen MR) is 103 cm³/mol. The first-order valence-corrected chi connectivity index (χ1v) is 8.52. The molecule has 1 heterocycles. The zero-order valence-corrected chi connectivity index (χ0v) is 16.1. The third-order valence-corrected chi connectivity index (χ3v) is 4.00. The summed E-state index contributed by atoms with van der Waals surface area (Å²) in [6.45, 7) is 1.27. The molecule has 0 spiro atoms. The number of aliphatic imine (C=N–C) groups is 1. The van der Waals surface area contributed by atoms with Crippen molar-refractivity contribution in [2.45, 2.75) is 6.92 Å². The predicted octanol–water partition coefficient (Wildman–Crippen LogP) is 3.63. The minimum absolute atomic E-state index is 0.106. The van der Waals surface area contributed by atoms with E-state index in [0.717, 1.165) is 0 Å². The van der Waals surface area contributed by atoms with Gasteiger partial charge in [0.1, 0.15) is 0 Å². The Morgan fingerprint density at radius 3 is 2.25 bits per heavy atom. The van der Waals surface area contributed by atoms with Gasteiger partial charge in [0.15, 0.2) is 17.2 Å². The van der Waals surface area contributed by atoms with E-state index in [0.29, 0.717) is 16.1 Å². The van der Waals surface area contributed by atoms with Gasteiger partial charge in [-0.05, 0) is 48.0 Å². The number of carbonyl (C=O) groups excluding carboxylic acids is 2. The molecule has 1 aliphatic heterocycles. The lowest BCUT2D eigenvalue weighted by atomic mass is 10.1. The molecule has 2 aromatic carbocycles. The van der Waals surface area contributed by atoms with E-state index in [-0.39, 0.29) is 28.8 Å². The van der Waals surface area contributed by atoms with Crippen LogP contribution in [0.25, 0.3) is 6.08 Å². The molecule has 0 saturated carbocycles. The molecule has 0 bridgehead atoms. The maximum absolute atomic E-state index is 12.2. The maximum atomic E-state index is 12.2. The number of carbonyl (C=O) groups is 2. The topological polar surface area (TPSA) is 83.4 Å². The van der Waals surface area contributed by atoms with E-state index in [2.05, 4.69) is 4.99 Å². The number of nitrogens with zero attached hydrogens (tertiary/aromatic N) is 1. The molecular formula is C20H16ClNO6. The highest BCUT2D eigenvalue weighted by molar-refractivity contribution is 6.30. The van der Waals surface area contributed by atoms with Crippen molar-refractivity contribution in [3.63, 3.8) is 0 Å². The first kappa shape index (κ1) is 19.4. The van der Waals surface area contributed by atoms with E-state index in [1.54, 1.807) is 36.4 Å². The molecule has 2 aromatic rings. The van der Waals surface area contributed by atoms with Crippen LogP contribution in [0.4, 0.5) is 0 Å². The van der Waals surface area contributed by atoms with Crippen molar-refractivity contribution < 1.29 is 28.5 Å². The number of halogens is 1. The highest BCUT2D eigenvalue weighted by atomic mass is 35.5. The van der Waals surface area contributed by atoms with E-state index in [4.69, 9.17) is 30.5 Å². The van der Waals surface area contributed by atoms with Crippen molar-refractivity contribution in [1.29, 1.82) is 0 Å². The Bertz CT molecular complexity index is 969. The zero-order chi connectivity index (χ0) is 20.3. The summed E-state index contributed by atoms with van der Waals surface area (Å²) in [7, 11) is 2.86. The van der Waals surface area contributed by atoms with Gasteiger partial charge in [0.25, 0.3) is 0 Å². The molecule has 0 saturated heterocycles. The molecule has 3 rings (SSSR count). The van der Waals surface area contributed by atoms with Crippen LogP contribution in [0.1, 0.15) is 18.1 Å². The van der Waals surface area contributed by atoms with Crippen LogP contribution in [0.3, 0.4) is 0 Å². The van der Waals surface area contributed by atoms with E-state index in [1.807, 2.05) is 0 Å². The van der Waals surface area contributed by atoms with E-state index in [1.165, 1.54) is 27.2 Å². The lowest BCUT2D eigenvalue weighted by Crippen LogP contribution is -2.05. The number of esters is 2. The van der Waals surface area contributed by atoms with E-state index < -0.39 is 11.9 Å². The SMILES string of the molecule is COc1cc(C=C2N=C(c3ccc(Cl)cc3)OC2=O)cc(OC)c1OC(C)=O. The summed E-state index contributed by atoms with van der Waals surface area (Å²) in [6.07, 6.45) is 1.52. The van der Waals surface area contributed by atoms with E-state index in [9.17, 15) is 9.59 Å². The normalized spacial score (nSPS) is 14.5. The highest BCUT2D eigenvalue weighted by Gasteiger charge is 2.25. The van der Waals surface area contributed by atoms with Crippen LogP contribution in [0.2, 0.25) is 5.02 Å². The Kier molecular flexibility index (Phi) is 5.65. The first-order valence-electron chi connectivity index (χ1n) is 8.14. The second kappa shape index (κ2) is 8.14. The number of hydrogen-bond acceptors (Lipinski definition) is 7. The van der Waals surface area contributed by atoms with Gasteiger partial charge in [-0.15, -0.1) is 0 Å². The number of benzene rings is 2. The number of cyclic esters (lactones) is 1. The molecule has 0 aromatic heterocycles. The summed E-state index contributed by atoms with van der Waals surface area (Å²) in [5.74, 6) is -0.224. The average Bonchev–Trinajstić information content (AvgIpc) is 3.03. The van der Waals surface area contributed by atoms with Crippen LogP contribution in [0.15, 0.2) is 47.1 Å². The smallest absolute Gasteiger partial charge is 0.363 e. The van der Waals surface area contributed by atoms with E-state index >= 15 is 0 Å². The molecule has 0 aliphatic carbocycles. The number of hydrogen-bond donors (Lipinski definition) is 0. The first-order chi connectivity index (χ1) is 13.4. The van der Waals surface area contributed by atoms with Gasteiger partial charge in [0.2, 0.25) is 11.6 Å². The molecule has 0 N–H and O–H groups in total. The Hall–Kier alpha value is -3.32. The summed E-state index contributed by atoms with van der Waals surface area (Å²) >= 11 is 5.87. The van der Waals surface area contributed by atoms with Gasteiger partial charge in [-0.1, -0.05) is 11.6 Å². The van der Waals surface area contributed by atoms with Crippen LogP contribution < -0.4 is 14.2 Å². The fraction of sp³-hybridized carbons (Fsp3) is 0.150. The minimum Gasteiger partial charge on any atom is -0.493 e. The molecule has 7 nitrogen and oxygen atoms in total. The molecule has 0 atom stereocenters. The second-order valence-electron chi connectivity index (χ2n) is 5.69. The van der Waals surface area contributed by atoms with Crippen molar-refractivity contribution in [3.8, 4) is 17.2 Å². The van der Waals surface area contributed by atoms with Gasteiger partial charge < -0.3 is 18.9 Å². The lowest BCUT2D eigenvalue weighted by Gasteiger charge is -2.13. The maximum Gasteiger partial charge on any atom is 0.363 e. The zero-order valence-electron chi connectivity index (χ0n) is 15.3. The fourth-order valence-electron chi connectivity index (χ4n) is 2.51. The Balaban J connectivity index is 1.99. The van der Waals surface area contributed by atoms with Crippen LogP contribution in [0.5, 0.6) is 17.2 Å².